The highest BCUT2D eigenvalue weighted by atomic mass is 35.5. The average Bonchev–Trinajstić information content (AvgIpc) is 3.04. The summed E-state index contributed by atoms with van der Waals surface area (Å²) in [4.78, 5) is 18.8. The zero-order valence-corrected chi connectivity index (χ0v) is 13.6. The van der Waals surface area contributed by atoms with Gasteiger partial charge in [0.25, 0.3) is 5.91 Å². The van der Waals surface area contributed by atoms with E-state index in [4.69, 9.17) is 16.7 Å². The van der Waals surface area contributed by atoms with Crippen molar-refractivity contribution in [3.8, 4) is 10.6 Å². The van der Waals surface area contributed by atoms with E-state index in [2.05, 4.69) is 4.98 Å². The maximum Gasteiger partial charge on any atom is 0.273 e. The normalized spacial score (nSPS) is 16.0. The number of hydrogen-bond donors (Lipinski definition) is 1. The number of hydrogen-bond acceptors (Lipinski definition) is 4. The average molecular weight is 337 g/mol. The molecule has 1 aliphatic heterocycles. The Labute approximate surface area is 138 Å². The van der Waals surface area contributed by atoms with E-state index in [1.165, 1.54) is 11.3 Å². The lowest BCUT2D eigenvalue weighted by Crippen LogP contribution is -2.39. The van der Waals surface area contributed by atoms with Crippen molar-refractivity contribution in [1.82, 2.24) is 9.88 Å². The van der Waals surface area contributed by atoms with E-state index in [9.17, 15) is 4.79 Å². The minimum absolute atomic E-state index is 0.0362. The predicted octanol–water partition coefficient (Wildman–Crippen LogP) is 3.31. The van der Waals surface area contributed by atoms with Crippen LogP contribution in [0.25, 0.3) is 10.6 Å². The SMILES string of the molecule is O=C(c1csc(-c2ccccc2Cl)n1)N1CCC(CO)CC1. The zero-order valence-electron chi connectivity index (χ0n) is 12.0. The molecule has 0 spiro atoms. The van der Waals surface area contributed by atoms with Crippen LogP contribution < -0.4 is 0 Å². The van der Waals surface area contributed by atoms with Gasteiger partial charge in [0.1, 0.15) is 10.7 Å². The highest BCUT2D eigenvalue weighted by molar-refractivity contribution is 7.13. The van der Waals surface area contributed by atoms with E-state index in [1.54, 1.807) is 5.38 Å². The molecule has 0 unspecified atom stereocenters. The van der Waals surface area contributed by atoms with Gasteiger partial charge in [-0.1, -0.05) is 29.8 Å². The van der Waals surface area contributed by atoms with Crippen LogP contribution in [-0.2, 0) is 0 Å². The molecule has 0 bridgehead atoms. The summed E-state index contributed by atoms with van der Waals surface area (Å²) in [5.74, 6) is 0.282. The third kappa shape index (κ3) is 3.16. The molecule has 1 aromatic heterocycles. The number of nitrogens with zero attached hydrogens (tertiary/aromatic N) is 2. The molecule has 2 heterocycles. The van der Waals surface area contributed by atoms with Crippen molar-refractivity contribution in [3.63, 3.8) is 0 Å². The van der Waals surface area contributed by atoms with Crippen LogP contribution in [0.2, 0.25) is 5.02 Å². The molecule has 4 nitrogen and oxygen atoms in total. The Hall–Kier alpha value is -1.43. The second-order valence-corrected chi connectivity index (χ2v) is 6.70. The van der Waals surface area contributed by atoms with Crippen LogP contribution in [-0.4, -0.2) is 40.6 Å². The number of carbonyl (C=O) groups is 1. The molecule has 1 aliphatic rings. The number of amides is 1. The van der Waals surface area contributed by atoms with Crippen molar-refractivity contribution in [2.24, 2.45) is 5.92 Å². The zero-order chi connectivity index (χ0) is 15.5. The molecule has 2 aromatic rings. The van der Waals surface area contributed by atoms with Crippen molar-refractivity contribution in [2.45, 2.75) is 12.8 Å². The fraction of sp³-hybridized carbons (Fsp3) is 0.375. The molecule has 1 amide bonds. The van der Waals surface area contributed by atoms with Gasteiger partial charge in [0.15, 0.2) is 0 Å². The minimum Gasteiger partial charge on any atom is -0.396 e. The van der Waals surface area contributed by atoms with Crippen molar-refractivity contribution >= 4 is 28.8 Å². The van der Waals surface area contributed by atoms with Crippen LogP contribution in [0.3, 0.4) is 0 Å². The standard InChI is InChI=1S/C16H17ClN2O2S/c17-13-4-2-1-3-12(13)15-18-14(10-22-15)16(21)19-7-5-11(9-20)6-8-19/h1-4,10-11,20H,5-9H2. The summed E-state index contributed by atoms with van der Waals surface area (Å²) in [5, 5.41) is 12.4. The molecular formula is C16H17ClN2O2S. The van der Waals surface area contributed by atoms with Gasteiger partial charge in [-0.05, 0) is 24.8 Å². The lowest BCUT2D eigenvalue weighted by molar-refractivity contribution is 0.0646. The third-order valence-electron chi connectivity index (χ3n) is 3.99. The molecule has 1 N–H and O–H groups in total. The topological polar surface area (TPSA) is 53.4 Å². The van der Waals surface area contributed by atoms with Gasteiger partial charge in [-0.15, -0.1) is 11.3 Å². The maximum atomic E-state index is 12.5. The first kappa shape index (κ1) is 15.5. The maximum absolute atomic E-state index is 12.5. The van der Waals surface area contributed by atoms with Gasteiger partial charge in [-0.25, -0.2) is 4.98 Å². The molecule has 0 aliphatic carbocycles. The Morgan fingerprint density at radius 3 is 2.77 bits per heavy atom. The van der Waals surface area contributed by atoms with Gasteiger partial charge in [0.2, 0.25) is 0 Å². The largest absolute Gasteiger partial charge is 0.396 e. The predicted molar refractivity (Wildman–Crippen MR) is 88.3 cm³/mol. The Kier molecular flexibility index (Phi) is 4.76. The quantitative estimate of drug-likeness (QED) is 0.935. The summed E-state index contributed by atoms with van der Waals surface area (Å²) in [5.41, 5.74) is 1.33. The number of aliphatic hydroxyl groups is 1. The molecule has 116 valence electrons. The molecular weight excluding hydrogens is 320 g/mol. The van der Waals surface area contributed by atoms with Gasteiger partial charge in [-0.3, -0.25) is 4.79 Å². The first-order valence-electron chi connectivity index (χ1n) is 7.29. The Balaban J connectivity index is 1.74. The minimum atomic E-state index is -0.0362. The second-order valence-electron chi connectivity index (χ2n) is 5.44. The summed E-state index contributed by atoms with van der Waals surface area (Å²) >= 11 is 7.61. The first-order valence-corrected chi connectivity index (χ1v) is 8.55. The van der Waals surface area contributed by atoms with E-state index < -0.39 is 0 Å². The number of benzene rings is 1. The number of thiazole rings is 1. The number of rotatable bonds is 3. The van der Waals surface area contributed by atoms with Gasteiger partial charge in [0, 0.05) is 30.6 Å². The van der Waals surface area contributed by atoms with E-state index in [0.717, 1.165) is 23.4 Å². The number of piperidine rings is 1. The Morgan fingerprint density at radius 2 is 2.09 bits per heavy atom. The van der Waals surface area contributed by atoms with Crippen molar-refractivity contribution in [1.29, 1.82) is 0 Å². The monoisotopic (exact) mass is 336 g/mol. The Morgan fingerprint density at radius 1 is 1.36 bits per heavy atom. The molecule has 6 heteroatoms. The summed E-state index contributed by atoms with van der Waals surface area (Å²) in [6.45, 7) is 1.57. The summed E-state index contributed by atoms with van der Waals surface area (Å²) in [6.07, 6.45) is 1.70. The number of aromatic nitrogens is 1. The third-order valence-corrected chi connectivity index (χ3v) is 5.19. The van der Waals surface area contributed by atoms with Crippen molar-refractivity contribution in [2.75, 3.05) is 19.7 Å². The summed E-state index contributed by atoms with van der Waals surface area (Å²) in [7, 11) is 0. The molecule has 1 fully saturated rings. The van der Waals surface area contributed by atoms with Crippen LogP contribution in [0, 0.1) is 5.92 Å². The Bertz CT molecular complexity index is 666. The van der Waals surface area contributed by atoms with Crippen LogP contribution in [0.5, 0.6) is 0 Å². The number of aliphatic hydroxyl groups excluding tert-OH is 1. The highest BCUT2D eigenvalue weighted by Gasteiger charge is 2.25. The van der Waals surface area contributed by atoms with E-state index >= 15 is 0 Å². The lowest BCUT2D eigenvalue weighted by Gasteiger charge is -2.30. The number of likely N-dealkylation sites (tertiary alicyclic amines) is 1. The first-order chi connectivity index (χ1) is 10.7. The molecule has 3 rings (SSSR count). The van der Waals surface area contributed by atoms with Crippen molar-refractivity contribution < 1.29 is 9.90 Å². The molecule has 1 saturated heterocycles. The van der Waals surface area contributed by atoms with Gasteiger partial charge < -0.3 is 10.0 Å². The fourth-order valence-corrected chi connectivity index (χ4v) is 3.73. The smallest absolute Gasteiger partial charge is 0.273 e. The number of carbonyl (C=O) groups excluding carboxylic acids is 1. The number of halogens is 1. The van der Waals surface area contributed by atoms with E-state index in [-0.39, 0.29) is 12.5 Å². The van der Waals surface area contributed by atoms with E-state index in [0.29, 0.717) is 29.7 Å². The molecule has 0 saturated carbocycles. The summed E-state index contributed by atoms with van der Waals surface area (Å²) < 4.78 is 0. The summed E-state index contributed by atoms with van der Waals surface area (Å²) in [6, 6.07) is 7.50. The van der Waals surface area contributed by atoms with Gasteiger partial charge in [0.05, 0.1) is 5.02 Å². The van der Waals surface area contributed by atoms with Crippen molar-refractivity contribution in [3.05, 3.63) is 40.4 Å². The van der Waals surface area contributed by atoms with Gasteiger partial charge in [-0.2, -0.15) is 0 Å². The fourth-order valence-electron chi connectivity index (χ4n) is 2.61. The lowest BCUT2D eigenvalue weighted by atomic mass is 9.98. The highest BCUT2D eigenvalue weighted by Crippen LogP contribution is 2.30. The van der Waals surface area contributed by atoms with Gasteiger partial charge >= 0.3 is 0 Å². The molecule has 0 radical (unpaired) electrons. The van der Waals surface area contributed by atoms with Crippen LogP contribution in [0.1, 0.15) is 23.3 Å². The van der Waals surface area contributed by atoms with Crippen LogP contribution in [0.4, 0.5) is 0 Å². The molecule has 0 atom stereocenters. The molecule has 22 heavy (non-hydrogen) atoms. The van der Waals surface area contributed by atoms with Crippen LogP contribution in [0.15, 0.2) is 29.6 Å². The second kappa shape index (κ2) is 6.77. The van der Waals surface area contributed by atoms with Crippen LogP contribution >= 0.6 is 22.9 Å². The molecule has 1 aromatic carbocycles. The van der Waals surface area contributed by atoms with E-state index in [1.807, 2.05) is 29.2 Å².